The van der Waals surface area contributed by atoms with Gasteiger partial charge in [0.2, 0.25) is 0 Å². The third kappa shape index (κ3) is 5.39. The number of nitrogens with zero attached hydrogens (tertiary/aromatic N) is 2. The molecular formula is C33H27N3O3. The van der Waals surface area contributed by atoms with E-state index in [-0.39, 0.29) is 11.4 Å². The Kier molecular flexibility index (Phi) is 7.42. The molecule has 39 heavy (non-hydrogen) atoms. The van der Waals surface area contributed by atoms with Crippen molar-refractivity contribution < 1.29 is 14.3 Å². The standard InChI is InChI=1S/C33H27N3O3/c1-38-33(37)30-21-36(27-13-8-14-28(19-27)39-22-23-9-4-2-5-10-23)32(35)29(20-34)31(30)26-17-15-25(16-18-26)24-11-6-3-7-12-24/h2-19,21,31H,22,35H2,1H3. The van der Waals surface area contributed by atoms with Crippen molar-refractivity contribution in [1.29, 1.82) is 5.26 Å². The number of ether oxygens (including phenoxy) is 2. The van der Waals surface area contributed by atoms with Gasteiger partial charge in [-0.15, -0.1) is 0 Å². The molecule has 0 saturated carbocycles. The molecule has 0 spiro atoms. The van der Waals surface area contributed by atoms with Crippen LogP contribution in [-0.4, -0.2) is 13.1 Å². The Morgan fingerprint density at radius 1 is 0.897 bits per heavy atom. The second-order valence-electron chi connectivity index (χ2n) is 9.05. The predicted octanol–water partition coefficient (Wildman–Crippen LogP) is 6.29. The monoisotopic (exact) mass is 513 g/mol. The van der Waals surface area contributed by atoms with Crippen LogP contribution in [0.2, 0.25) is 0 Å². The van der Waals surface area contributed by atoms with Gasteiger partial charge >= 0.3 is 5.97 Å². The second kappa shape index (κ2) is 11.4. The highest BCUT2D eigenvalue weighted by Crippen LogP contribution is 2.40. The molecule has 4 aromatic carbocycles. The Hall–Kier alpha value is -5.28. The lowest BCUT2D eigenvalue weighted by Crippen LogP contribution is -2.33. The van der Waals surface area contributed by atoms with Crippen molar-refractivity contribution in [1.82, 2.24) is 0 Å². The zero-order valence-electron chi connectivity index (χ0n) is 21.5. The minimum atomic E-state index is -0.666. The summed E-state index contributed by atoms with van der Waals surface area (Å²) in [5.74, 6) is -0.327. The molecule has 5 rings (SSSR count). The quantitative estimate of drug-likeness (QED) is 0.292. The lowest BCUT2D eigenvalue weighted by molar-refractivity contribution is -0.136. The first-order valence-corrected chi connectivity index (χ1v) is 12.5. The molecule has 192 valence electrons. The Balaban J connectivity index is 1.49. The molecule has 0 saturated heterocycles. The van der Waals surface area contributed by atoms with Gasteiger partial charge in [0.25, 0.3) is 0 Å². The minimum absolute atomic E-state index is 0.238. The molecule has 0 aromatic heterocycles. The Bertz CT molecular complexity index is 1570. The molecule has 4 aromatic rings. The van der Waals surface area contributed by atoms with Gasteiger partial charge in [0.05, 0.1) is 35.9 Å². The fourth-order valence-electron chi connectivity index (χ4n) is 4.65. The van der Waals surface area contributed by atoms with E-state index in [1.165, 1.54) is 7.11 Å². The third-order valence-corrected chi connectivity index (χ3v) is 6.64. The third-order valence-electron chi connectivity index (χ3n) is 6.64. The van der Waals surface area contributed by atoms with Crippen LogP contribution in [0.5, 0.6) is 5.75 Å². The van der Waals surface area contributed by atoms with Crippen molar-refractivity contribution in [3.8, 4) is 22.9 Å². The van der Waals surface area contributed by atoms with Gasteiger partial charge in [0.1, 0.15) is 18.2 Å². The fourth-order valence-corrected chi connectivity index (χ4v) is 4.65. The first kappa shape index (κ1) is 25.4. The second-order valence-corrected chi connectivity index (χ2v) is 9.05. The average molecular weight is 514 g/mol. The van der Waals surface area contributed by atoms with Gasteiger partial charge in [0, 0.05) is 12.3 Å². The van der Waals surface area contributed by atoms with E-state index in [2.05, 4.69) is 6.07 Å². The Morgan fingerprint density at radius 3 is 2.23 bits per heavy atom. The van der Waals surface area contributed by atoms with Crippen LogP contribution in [0.15, 0.2) is 132 Å². The molecule has 0 radical (unpaired) electrons. The predicted molar refractivity (Wildman–Crippen MR) is 151 cm³/mol. The number of allylic oxidation sites excluding steroid dienone is 1. The summed E-state index contributed by atoms with van der Waals surface area (Å²) in [7, 11) is 1.33. The molecule has 1 unspecified atom stereocenters. The number of hydrogen-bond acceptors (Lipinski definition) is 6. The smallest absolute Gasteiger partial charge is 0.336 e. The number of anilines is 1. The number of benzene rings is 4. The van der Waals surface area contributed by atoms with E-state index in [9.17, 15) is 10.1 Å². The highest BCUT2D eigenvalue weighted by Gasteiger charge is 2.35. The molecule has 0 aliphatic carbocycles. The molecule has 0 fully saturated rings. The maximum atomic E-state index is 13.0. The molecule has 0 bridgehead atoms. The summed E-state index contributed by atoms with van der Waals surface area (Å²) < 4.78 is 11.1. The van der Waals surface area contributed by atoms with Crippen LogP contribution in [0.1, 0.15) is 17.0 Å². The van der Waals surface area contributed by atoms with Crippen LogP contribution in [0.3, 0.4) is 0 Å². The van der Waals surface area contributed by atoms with E-state index in [1.54, 1.807) is 11.1 Å². The van der Waals surface area contributed by atoms with Gasteiger partial charge in [-0.25, -0.2) is 4.79 Å². The summed E-state index contributed by atoms with van der Waals surface area (Å²) in [6.07, 6.45) is 1.65. The SMILES string of the molecule is COC(=O)C1=CN(c2cccc(OCc3ccccc3)c2)C(N)=C(C#N)C1c1ccc(-c2ccccc2)cc1. The highest BCUT2D eigenvalue weighted by molar-refractivity contribution is 5.93. The molecule has 6 nitrogen and oxygen atoms in total. The van der Waals surface area contributed by atoms with Crippen LogP contribution in [0.25, 0.3) is 11.1 Å². The Labute approximate surface area is 227 Å². The number of hydrogen-bond donors (Lipinski definition) is 1. The molecule has 1 aliphatic rings. The molecule has 0 amide bonds. The first-order valence-electron chi connectivity index (χ1n) is 12.5. The van der Waals surface area contributed by atoms with Crippen LogP contribution < -0.4 is 15.4 Å². The number of rotatable bonds is 7. The van der Waals surface area contributed by atoms with Crippen molar-refractivity contribution >= 4 is 11.7 Å². The van der Waals surface area contributed by atoms with E-state index in [4.69, 9.17) is 15.2 Å². The molecule has 1 heterocycles. The number of esters is 1. The lowest BCUT2D eigenvalue weighted by Gasteiger charge is -2.32. The number of carbonyl (C=O) groups is 1. The van der Waals surface area contributed by atoms with Gasteiger partial charge in [0.15, 0.2) is 0 Å². The molecule has 1 aliphatic heterocycles. The van der Waals surface area contributed by atoms with Gasteiger partial charge in [-0.1, -0.05) is 91.0 Å². The van der Waals surface area contributed by atoms with Crippen molar-refractivity contribution in [2.45, 2.75) is 12.5 Å². The van der Waals surface area contributed by atoms with Crippen LogP contribution >= 0.6 is 0 Å². The summed E-state index contributed by atoms with van der Waals surface area (Å²) in [5.41, 5.74) is 11.7. The van der Waals surface area contributed by atoms with Gasteiger partial charge in [-0.2, -0.15) is 5.26 Å². The van der Waals surface area contributed by atoms with Crippen molar-refractivity contribution in [2.75, 3.05) is 12.0 Å². The van der Waals surface area contributed by atoms with E-state index in [1.807, 2.05) is 109 Å². The van der Waals surface area contributed by atoms with Crippen LogP contribution in [-0.2, 0) is 16.1 Å². The van der Waals surface area contributed by atoms with Crippen molar-refractivity contribution in [3.05, 3.63) is 143 Å². The number of carbonyl (C=O) groups excluding carboxylic acids is 1. The molecule has 2 N–H and O–H groups in total. The minimum Gasteiger partial charge on any atom is -0.489 e. The lowest BCUT2D eigenvalue weighted by atomic mass is 9.82. The van der Waals surface area contributed by atoms with E-state index in [0.717, 1.165) is 22.3 Å². The van der Waals surface area contributed by atoms with E-state index >= 15 is 0 Å². The summed E-state index contributed by atoms with van der Waals surface area (Å²) in [5, 5.41) is 10.2. The molecular weight excluding hydrogens is 486 g/mol. The highest BCUT2D eigenvalue weighted by atomic mass is 16.5. The molecule has 1 atom stereocenters. The summed E-state index contributed by atoms with van der Waals surface area (Å²) >= 11 is 0. The van der Waals surface area contributed by atoms with Gasteiger partial charge < -0.3 is 20.1 Å². The van der Waals surface area contributed by atoms with Gasteiger partial charge in [-0.05, 0) is 34.4 Å². The largest absolute Gasteiger partial charge is 0.489 e. The summed E-state index contributed by atoms with van der Waals surface area (Å²) in [6, 6.07) is 37.3. The first-order chi connectivity index (χ1) is 19.1. The van der Waals surface area contributed by atoms with Crippen LogP contribution in [0, 0.1) is 11.3 Å². The zero-order valence-corrected chi connectivity index (χ0v) is 21.5. The maximum absolute atomic E-state index is 13.0. The van der Waals surface area contributed by atoms with E-state index < -0.39 is 11.9 Å². The molecule has 6 heteroatoms. The van der Waals surface area contributed by atoms with Gasteiger partial charge in [-0.3, -0.25) is 0 Å². The Morgan fingerprint density at radius 2 is 1.56 bits per heavy atom. The van der Waals surface area contributed by atoms with E-state index in [0.29, 0.717) is 23.6 Å². The summed E-state index contributed by atoms with van der Waals surface area (Å²) in [4.78, 5) is 14.6. The maximum Gasteiger partial charge on any atom is 0.336 e. The van der Waals surface area contributed by atoms with Crippen molar-refractivity contribution in [2.24, 2.45) is 5.73 Å². The normalized spacial score (nSPS) is 14.8. The number of methoxy groups -OCH3 is 1. The number of nitrogens with two attached hydrogens (primary N) is 1. The average Bonchev–Trinajstić information content (AvgIpc) is 3.00. The zero-order chi connectivity index (χ0) is 27.2. The van der Waals surface area contributed by atoms with Crippen molar-refractivity contribution in [3.63, 3.8) is 0 Å². The number of nitriles is 1. The summed E-state index contributed by atoms with van der Waals surface area (Å²) in [6.45, 7) is 0.406. The van der Waals surface area contributed by atoms with Crippen LogP contribution in [0.4, 0.5) is 5.69 Å². The fraction of sp³-hybridized carbons (Fsp3) is 0.0909. The topological polar surface area (TPSA) is 88.6 Å².